The summed E-state index contributed by atoms with van der Waals surface area (Å²) in [5.41, 5.74) is 17.6. The molecule has 14 rings (SSSR count). The lowest BCUT2D eigenvalue weighted by atomic mass is 9.82. The molecule has 0 spiro atoms. The largest absolute Gasteiger partial charge is 0.310 e. The molecular formula is C64H46N2S2. The molecule has 2 aliphatic carbocycles. The van der Waals surface area contributed by atoms with Crippen molar-refractivity contribution in [1.29, 1.82) is 0 Å². The summed E-state index contributed by atoms with van der Waals surface area (Å²) >= 11 is 3.78. The maximum Gasteiger partial charge on any atom is 0.0468 e. The number of thiophene rings is 2. The van der Waals surface area contributed by atoms with E-state index < -0.39 is 0 Å². The highest BCUT2D eigenvalue weighted by Gasteiger charge is 2.37. The first-order valence-corrected chi connectivity index (χ1v) is 25.3. The fourth-order valence-corrected chi connectivity index (χ4v) is 14.0. The minimum Gasteiger partial charge on any atom is -0.310 e. The van der Waals surface area contributed by atoms with E-state index in [9.17, 15) is 0 Å². The Morgan fingerprint density at radius 2 is 0.632 bits per heavy atom. The van der Waals surface area contributed by atoms with Gasteiger partial charge in [0.25, 0.3) is 0 Å². The third-order valence-electron chi connectivity index (χ3n) is 15.2. The average Bonchev–Trinajstić information content (AvgIpc) is 4.04. The van der Waals surface area contributed by atoms with Crippen LogP contribution in [-0.2, 0) is 10.8 Å². The molecule has 324 valence electrons. The first-order valence-electron chi connectivity index (χ1n) is 23.6. The molecule has 0 amide bonds. The predicted molar refractivity (Wildman–Crippen MR) is 294 cm³/mol. The molecule has 10 aromatic carbocycles. The second-order valence-corrected chi connectivity index (χ2v) is 21.9. The van der Waals surface area contributed by atoms with Gasteiger partial charge in [-0.15, -0.1) is 22.7 Å². The lowest BCUT2D eigenvalue weighted by molar-refractivity contribution is 0.660. The average molecular weight is 907 g/mol. The summed E-state index contributed by atoms with van der Waals surface area (Å²) in [6.45, 7) is 9.45. The number of fused-ring (bicyclic) bond motifs is 13. The van der Waals surface area contributed by atoms with Gasteiger partial charge in [-0.2, -0.15) is 0 Å². The van der Waals surface area contributed by atoms with Crippen molar-refractivity contribution in [3.63, 3.8) is 0 Å². The maximum absolute atomic E-state index is 2.45. The lowest BCUT2D eigenvalue weighted by Crippen LogP contribution is -2.16. The van der Waals surface area contributed by atoms with E-state index in [0.29, 0.717) is 0 Å². The molecule has 4 heteroatoms. The molecule has 0 atom stereocenters. The highest BCUT2D eigenvalue weighted by atomic mass is 32.1. The smallest absolute Gasteiger partial charge is 0.0468 e. The summed E-state index contributed by atoms with van der Waals surface area (Å²) in [5.74, 6) is 0. The maximum atomic E-state index is 2.45. The molecular weight excluding hydrogens is 861 g/mol. The standard InChI is InChI=1S/C64H46N2S2/c1-63(2)55-21-13-11-19-47(55)49-27-23-45(37-57(49)63)65(41-15-7-5-8-16-41)43-25-29-59-53(35-43)51-31-39-32-52-54-36-44(26-30-60(54)68-62(52)34-40(39)33-61(51)67-59)66(42-17-9-6-10-18-42)46-24-28-50-48-20-12-14-22-56(48)64(3,4)58(50)38-46/h5-38H,1-4H3. The zero-order valence-corrected chi connectivity index (χ0v) is 40.0. The zero-order chi connectivity index (χ0) is 45.5. The molecule has 0 aliphatic heterocycles. The highest BCUT2D eigenvalue weighted by molar-refractivity contribution is 7.26. The summed E-state index contributed by atoms with van der Waals surface area (Å²) in [6.07, 6.45) is 0. The Morgan fingerprint density at radius 3 is 1.09 bits per heavy atom. The number of benzene rings is 10. The van der Waals surface area contributed by atoms with Crippen LogP contribution in [0.15, 0.2) is 206 Å². The zero-order valence-electron chi connectivity index (χ0n) is 38.3. The number of hydrogen-bond donors (Lipinski definition) is 0. The minimum atomic E-state index is -0.0892. The molecule has 0 unspecified atom stereocenters. The molecule has 68 heavy (non-hydrogen) atoms. The van der Waals surface area contributed by atoms with Crippen molar-refractivity contribution in [1.82, 2.24) is 0 Å². The van der Waals surface area contributed by atoms with Gasteiger partial charge in [-0.1, -0.05) is 125 Å². The molecule has 2 aliphatic rings. The highest BCUT2D eigenvalue weighted by Crippen LogP contribution is 2.53. The molecule has 12 aromatic rings. The summed E-state index contributed by atoms with van der Waals surface area (Å²) < 4.78 is 5.23. The molecule has 0 saturated carbocycles. The molecule has 0 bridgehead atoms. The summed E-state index contributed by atoms with van der Waals surface area (Å²) in [7, 11) is 0. The predicted octanol–water partition coefficient (Wildman–Crippen LogP) is 19.1. The van der Waals surface area contributed by atoms with Crippen molar-refractivity contribution in [2.45, 2.75) is 38.5 Å². The quantitative estimate of drug-likeness (QED) is 0.164. The van der Waals surface area contributed by atoms with Crippen molar-refractivity contribution in [2.24, 2.45) is 0 Å². The van der Waals surface area contributed by atoms with Crippen molar-refractivity contribution >= 4 is 108 Å². The minimum absolute atomic E-state index is 0.0892. The number of para-hydroxylation sites is 2. The van der Waals surface area contributed by atoms with Crippen LogP contribution >= 0.6 is 22.7 Å². The summed E-state index contributed by atoms with van der Waals surface area (Å²) in [6, 6.07) is 77.5. The van der Waals surface area contributed by atoms with Gasteiger partial charge in [-0.25, -0.2) is 0 Å². The van der Waals surface area contributed by atoms with E-state index in [2.05, 4.69) is 244 Å². The Kier molecular flexibility index (Phi) is 8.45. The van der Waals surface area contributed by atoms with E-state index in [1.807, 2.05) is 22.7 Å². The van der Waals surface area contributed by atoms with Crippen molar-refractivity contribution in [3.8, 4) is 22.3 Å². The lowest BCUT2D eigenvalue weighted by Gasteiger charge is -2.28. The van der Waals surface area contributed by atoms with Crippen LogP contribution in [0, 0.1) is 0 Å². The summed E-state index contributed by atoms with van der Waals surface area (Å²) in [5, 5.41) is 7.72. The molecule has 0 radical (unpaired) electrons. The van der Waals surface area contributed by atoms with Gasteiger partial charge in [0, 0.05) is 85.3 Å². The van der Waals surface area contributed by atoms with Gasteiger partial charge >= 0.3 is 0 Å². The molecule has 0 saturated heterocycles. The molecule has 2 nitrogen and oxygen atoms in total. The third-order valence-corrected chi connectivity index (χ3v) is 17.4. The Bertz CT molecular complexity index is 3780. The van der Waals surface area contributed by atoms with Gasteiger partial charge in [0.15, 0.2) is 0 Å². The first-order chi connectivity index (χ1) is 33.2. The van der Waals surface area contributed by atoms with E-state index >= 15 is 0 Å². The second-order valence-electron chi connectivity index (χ2n) is 19.8. The fraction of sp³-hybridized carbons (Fsp3) is 0.0938. The van der Waals surface area contributed by atoms with Gasteiger partial charge in [0.05, 0.1) is 0 Å². The van der Waals surface area contributed by atoms with E-state index in [1.54, 1.807) is 0 Å². The van der Waals surface area contributed by atoms with Crippen molar-refractivity contribution in [2.75, 3.05) is 9.80 Å². The topological polar surface area (TPSA) is 6.48 Å². The number of nitrogens with zero attached hydrogens (tertiary/aromatic N) is 2. The first kappa shape index (κ1) is 39.6. The number of anilines is 6. The van der Waals surface area contributed by atoms with E-state index in [4.69, 9.17) is 0 Å². The molecule has 2 heterocycles. The van der Waals surface area contributed by atoms with Crippen molar-refractivity contribution < 1.29 is 0 Å². The fourth-order valence-electron chi connectivity index (χ4n) is 11.8. The van der Waals surface area contributed by atoms with Gasteiger partial charge in [0.1, 0.15) is 0 Å². The van der Waals surface area contributed by atoms with Crippen LogP contribution in [0.4, 0.5) is 34.1 Å². The molecule has 0 fully saturated rings. The molecule has 2 aromatic heterocycles. The van der Waals surface area contributed by atoms with E-state index in [-0.39, 0.29) is 10.8 Å². The van der Waals surface area contributed by atoms with E-state index in [1.165, 1.54) is 107 Å². The van der Waals surface area contributed by atoms with Crippen molar-refractivity contribution in [3.05, 3.63) is 229 Å². The summed E-state index contributed by atoms with van der Waals surface area (Å²) in [4.78, 5) is 4.87. The van der Waals surface area contributed by atoms with Crippen LogP contribution in [0.2, 0.25) is 0 Å². The van der Waals surface area contributed by atoms with Gasteiger partial charge < -0.3 is 9.80 Å². The van der Waals surface area contributed by atoms with Crippen LogP contribution in [0.1, 0.15) is 49.9 Å². The Labute approximate surface area is 404 Å². The number of rotatable bonds is 6. The van der Waals surface area contributed by atoms with Crippen LogP contribution in [0.5, 0.6) is 0 Å². The third kappa shape index (κ3) is 5.81. The van der Waals surface area contributed by atoms with E-state index in [0.717, 1.165) is 22.7 Å². The SMILES string of the molecule is CC1(C)c2ccccc2-c2ccc(N(c3ccccc3)c3ccc4sc5cc6cc7sc8ccc(N(c9ccccc9)c9ccc%10c(c9)C(C)(C)c9ccccc9-%10)cc8c7cc6cc5c4c3)cc21. The Hall–Kier alpha value is -7.50. The monoisotopic (exact) mass is 906 g/mol. The number of hydrogen-bond acceptors (Lipinski definition) is 4. The van der Waals surface area contributed by atoms with Crippen LogP contribution in [0.25, 0.3) is 73.4 Å². The second kappa shape index (κ2) is 14.5. The van der Waals surface area contributed by atoms with Crippen LogP contribution in [0.3, 0.4) is 0 Å². The van der Waals surface area contributed by atoms with Gasteiger partial charge in [-0.05, 0) is 164 Å². The Balaban J connectivity index is 0.891. The van der Waals surface area contributed by atoms with Crippen LogP contribution < -0.4 is 9.80 Å². The van der Waals surface area contributed by atoms with Gasteiger partial charge in [-0.3, -0.25) is 0 Å². The Morgan fingerprint density at radius 1 is 0.279 bits per heavy atom. The van der Waals surface area contributed by atoms with Gasteiger partial charge in [0.2, 0.25) is 0 Å². The van der Waals surface area contributed by atoms with Crippen LogP contribution in [-0.4, -0.2) is 0 Å². The molecule has 0 N–H and O–H groups in total. The normalized spacial score (nSPS) is 14.1.